The lowest BCUT2D eigenvalue weighted by molar-refractivity contribution is -0.136. The Bertz CT molecular complexity index is 1960. The maximum absolute atomic E-state index is 14.8. The van der Waals surface area contributed by atoms with E-state index in [4.69, 9.17) is 44.7 Å². The van der Waals surface area contributed by atoms with E-state index < -0.39 is 71.7 Å². The molecule has 3 fully saturated rings. The summed E-state index contributed by atoms with van der Waals surface area (Å²) in [6.07, 6.45) is 18.0. The second-order valence-electron chi connectivity index (χ2n) is 21.3. The standard InChI is InChI=1S/C51H93N19O7.ClH/c52-43(72)36(22-13-26-60-49(53)54)65-47(76)40(31-34-18-7-2-8-19-34)68-45(74)38(24-15-28-62-51(57)58)67-48(77)41(32-35-20-9-3-10-21-35)69-44(73)37(23-14-27-61-50(55)56)66-46(75)39(30-33-16-5-1-6-17-33)64-42(71)25-11-4-12-29-63-70-59;/h33-41H,1-32H2,(H2,52,72)(H,64,71)(H,65,76)(H,66,75)(H,67,77)(H,68,74)(H,69,73)(H4,53,54,60)(H4,55,56,61)(H4,57,58,62);1H/t36-,37-,38-,39+,40+,41+;/m1./s1. The van der Waals surface area contributed by atoms with Crippen LogP contribution in [0.25, 0.3) is 10.4 Å². The monoisotopic (exact) mass is 1120 g/mol. The molecule has 0 aliphatic heterocycles. The molecule has 7 amide bonds. The molecule has 0 aromatic heterocycles. The third-order valence-corrected chi connectivity index (χ3v) is 14.9. The second kappa shape index (κ2) is 39.1. The zero-order valence-electron chi connectivity index (χ0n) is 45.7. The van der Waals surface area contributed by atoms with Crippen LogP contribution in [0.3, 0.4) is 0 Å². The second-order valence-corrected chi connectivity index (χ2v) is 21.3. The van der Waals surface area contributed by atoms with Crippen molar-refractivity contribution < 1.29 is 33.6 Å². The Hall–Kier alpha value is -6.30. The molecule has 0 radical (unpaired) electrons. The molecule has 0 aromatic carbocycles. The zero-order chi connectivity index (χ0) is 56.4. The molecule has 3 rings (SSSR count). The van der Waals surface area contributed by atoms with Gasteiger partial charge in [-0.2, -0.15) is 0 Å². The fourth-order valence-corrected chi connectivity index (χ4v) is 10.7. The van der Waals surface area contributed by atoms with Gasteiger partial charge in [-0.05, 0) is 93.9 Å². The number of amides is 7. The minimum absolute atomic E-state index is 0. The van der Waals surface area contributed by atoms with Crippen molar-refractivity contribution in [3.63, 3.8) is 0 Å². The highest BCUT2D eigenvalue weighted by Gasteiger charge is 2.36. The van der Waals surface area contributed by atoms with Gasteiger partial charge >= 0.3 is 0 Å². The number of guanidine groups is 3. The van der Waals surface area contributed by atoms with Gasteiger partial charge in [0.05, 0.1) is 0 Å². The maximum Gasteiger partial charge on any atom is 0.243 e. The van der Waals surface area contributed by atoms with Crippen molar-refractivity contribution in [3.05, 3.63) is 10.4 Å². The molecule has 0 heterocycles. The molecule has 0 bridgehead atoms. The topological polar surface area (TPSA) is 452 Å². The number of rotatable bonds is 36. The van der Waals surface area contributed by atoms with Gasteiger partial charge in [0.1, 0.15) is 36.3 Å². The molecule has 0 unspecified atom stereocenters. The summed E-state index contributed by atoms with van der Waals surface area (Å²) < 4.78 is 0. The van der Waals surface area contributed by atoms with Crippen LogP contribution in [-0.2, 0) is 33.6 Å². The van der Waals surface area contributed by atoms with Gasteiger partial charge in [0.15, 0.2) is 17.9 Å². The van der Waals surface area contributed by atoms with Crippen LogP contribution in [0.4, 0.5) is 0 Å². The number of halogens is 1. The van der Waals surface area contributed by atoms with E-state index in [1.54, 1.807) is 0 Å². The van der Waals surface area contributed by atoms with E-state index in [9.17, 15) is 33.6 Å². The van der Waals surface area contributed by atoms with Crippen LogP contribution in [-0.4, -0.2) is 122 Å². The number of primary amides is 1. The van der Waals surface area contributed by atoms with E-state index in [1.807, 2.05) is 0 Å². The van der Waals surface area contributed by atoms with Crippen LogP contribution in [0, 0.1) is 34.0 Å². The van der Waals surface area contributed by atoms with E-state index in [2.05, 4.69) is 57.9 Å². The van der Waals surface area contributed by atoms with Gasteiger partial charge in [-0.15, -0.1) is 12.4 Å². The van der Waals surface area contributed by atoms with E-state index in [0.717, 1.165) is 96.3 Å². The summed E-state index contributed by atoms with van der Waals surface area (Å²) in [5.74, 6) is -4.73. The summed E-state index contributed by atoms with van der Waals surface area (Å²) in [6.45, 7) is 0.976. The summed E-state index contributed by atoms with van der Waals surface area (Å²) in [4.78, 5) is 101. The van der Waals surface area contributed by atoms with Crippen LogP contribution in [0.15, 0.2) is 5.11 Å². The third-order valence-electron chi connectivity index (χ3n) is 14.9. The van der Waals surface area contributed by atoms with Crippen molar-refractivity contribution in [2.75, 3.05) is 26.2 Å². The molecule has 20 N–H and O–H groups in total. The first-order chi connectivity index (χ1) is 36.9. The predicted octanol–water partition coefficient (Wildman–Crippen LogP) is 2.37. The lowest BCUT2D eigenvalue weighted by atomic mass is 9.84. The lowest BCUT2D eigenvalue weighted by Crippen LogP contribution is -2.60. The van der Waals surface area contributed by atoms with Crippen LogP contribution in [0.1, 0.15) is 180 Å². The smallest absolute Gasteiger partial charge is 0.243 e. The third kappa shape index (κ3) is 28.9. The molecular formula is C51H94ClN19O7. The molecule has 3 saturated carbocycles. The minimum Gasteiger partial charge on any atom is -0.370 e. The Labute approximate surface area is 466 Å². The average molecular weight is 1120 g/mol. The molecule has 78 heavy (non-hydrogen) atoms. The van der Waals surface area contributed by atoms with Crippen molar-refractivity contribution in [2.24, 2.45) is 45.8 Å². The lowest BCUT2D eigenvalue weighted by Gasteiger charge is -2.31. The van der Waals surface area contributed by atoms with Crippen molar-refractivity contribution in [2.45, 2.75) is 216 Å². The predicted molar refractivity (Wildman–Crippen MR) is 302 cm³/mol. The van der Waals surface area contributed by atoms with Gasteiger partial charge in [0.25, 0.3) is 0 Å². The SMILES string of the molecule is Cl.[N-]=[N+]=NCCCCCC(=O)N[C@@H](CC1CCCCC1)C(=O)N[C@H](CCCNC(=N)N)C(=O)N[C@@H](CC1CCCCC1)C(=O)N[C@H](CCCNC(=N)N)C(=O)N[C@@H](CC1CCCCC1)C(=O)N[C@H](CCCNC(=N)N)C(N)=O. The molecular weight excluding hydrogens is 1030 g/mol. The van der Waals surface area contributed by atoms with E-state index >= 15 is 0 Å². The van der Waals surface area contributed by atoms with Gasteiger partial charge in [0, 0.05) is 37.5 Å². The summed E-state index contributed by atoms with van der Waals surface area (Å²) in [6, 6.07) is -6.74. The molecule has 0 aromatic rings. The highest BCUT2D eigenvalue weighted by atomic mass is 35.5. The average Bonchev–Trinajstić information content (AvgIpc) is 3.40. The first-order valence-corrected chi connectivity index (χ1v) is 28.3. The van der Waals surface area contributed by atoms with Crippen LogP contribution in [0.2, 0.25) is 0 Å². The Morgan fingerprint density at radius 1 is 0.449 bits per heavy atom. The highest BCUT2D eigenvalue weighted by Crippen LogP contribution is 2.30. The number of hydrogen-bond acceptors (Lipinski definition) is 11. The Balaban J connectivity index is 0.0000208. The largest absolute Gasteiger partial charge is 0.370 e. The first kappa shape index (κ1) is 67.8. The number of carbonyl (C=O) groups excluding carboxylic acids is 7. The summed E-state index contributed by atoms with van der Waals surface area (Å²) in [7, 11) is 0. The minimum atomic E-state index is -1.24. The number of azide groups is 1. The Kier molecular flexibility index (Phi) is 34.0. The van der Waals surface area contributed by atoms with Gasteiger partial charge in [-0.25, -0.2) is 0 Å². The van der Waals surface area contributed by atoms with E-state index in [1.165, 1.54) is 0 Å². The molecule has 442 valence electrons. The first-order valence-electron chi connectivity index (χ1n) is 28.3. The van der Waals surface area contributed by atoms with E-state index in [0.29, 0.717) is 38.6 Å². The van der Waals surface area contributed by atoms with Crippen LogP contribution < -0.4 is 70.8 Å². The number of nitrogens with two attached hydrogens (primary N) is 4. The maximum atomic E-state index is 14.8. The fourth-order valence-electron chi connectivity index (χ4n) is 10.7. The van der Waals surface area contributed by atoms with Crippen molar-refractivity contribution in [3.8, 4) is 0 Å². The summed E-state index contributed by atoms with van der Waals surface area (Å²) >= 11 is 0. The fraction of sp³-hybridized carbons (Fsp3) is 0.804. The van der Waals surface area contributed by atoms with Gasteiger partial charge < -0.3 is 70.8 Å². The molecule has 3 aliphatic carbocycles. The number of hydrogen-bond donors (Lipinski definition) is 16. The zero-order valence-corrected chi connectivity index (χ0v) is 46.6. The molecule has 6 atom stereocenters. The number of unbranched alkanes of at least 4 members (excludes halogenated alkanes) is 2. The highest BCUT2D eigenvalue weighted by molar-refractivity contribution is 5.97. The number of nitrogens with one attached hydrogen (secondary N) is 12. The Morgan fingerprint density at radius 2 is 0.769 bits per heavy atom. The van der Waals surface area contributed by atoms with E-state index in [-0.39, 0.29) is 125 Å². The van der Waals surface area contributed by atoms with Gasteiger partial charge in [0.2, 0.25) is 41.4 Å². The van der Waals surface area contributed by atoms with Gasteiger partial charge in [-0.1, -0.05) is 108 Å². The normalized spacial score (nSPS) is 17.2. The number of nitrogens with zero attached hydrogens (tertiary/aromatic N) is 3. The molecule has 27 heteroatoms. The molecule has 3 aliphatic rings. The van der Waals surface area contributed by atoms with Crippen LogP contribution >= 0.6 is 12.4 Å². The molecule has 0 spiro atoms. The molecule has 26 nitrogen and oxygen atoms in total. The summed E-state index contributed by atoms with van der Waals surface area (Å²) in [5, 5.41) is 51.6. The van der Waals surface area contributed by atoms with Crippen molar-refractivity contribution in [1.82, 2.24) is 47.9 Å². The Morgan fingerprint density at radius 3 is 1.12 bits per heavy atom. The van der Waals surface area contributed by atoms with Crippen molar-refractivity contribution >= 4 is 71.6 Å². The van der Waals surface area contributed by atoms with Crippen LogP contribution in [0.5, 0.6) is 0 Å². The summed E-state index contributed by atoms with van der Waals surface area (Å²) in [5.41, 5.74) is 30.8. The van der Waals surface area contributed by atoms with Crippen molar-refractivity contribution in [1.29, 1.82) is 16.2 Å². The number of carbonyl (C=O) groups is 7. The quantitative estimate of drug-likeness (QED) is 0.0107. The van der Waals surface area contributed by atoms with Gasteiger partial charge in [-0.3, -0.25) is 49.8 Å². The molecule has 0 saturated heterocycles.